The lowest BCUT2D eigenvalue weighted by Crippen LogP contribution is -2.07. The number of carboxylic acid groups (broad SMARTS) is 1. The van der Waals surface area contributed by atoms with Gasteiger partial charge in [0.25, 0.3) is 0 Å². The largest absolute Gasteiger partial charge is 0.481 e. The van der Waals surface area contributed by atoms with Gasteiger partial charge in [0.05, 0.1) is 27.7 Å². The van der Waals surface area contributed by atoms with Crippen LogP contribution < -0.4 is 0 Å². The predicted octanol–water partition coefficient (Wildman–Crippen LogP) is 5.96. The number of aliphatic carboxylic acids is 1. The second-order valence-electron chi connectivity index (χ2n) is 6.59. The van der Waals surface area contributed by atoms with Crippen LogP contribution in [0.4, 0.5) is 13.2 Å². The van der Waals surface area contributed by atoms with Gasteiger partial charge in [-0.3, -0.25) is 9.78 Å². The fraction of sp³-hybridized carbons (Fsp3) is 0.0952. The Kier molecular flexibility index (Phi) is 5.55. The van der Waals surface area contributed by atoms with Gasteiger partial charge in [0.1, 0.15) is 0 Å². The van der Waals surface area contributed by atoms with E-state index in [0.717, 1.165) is 10.9 Å². The highest BCUT2D eigenvalue weighted by Gasteiger charge is 2.35. The first kappa shape index (κ1) is 21.1. The molecule has 0 atom stereocenters. The molecule has 1 aromatic carbocycles. The molecule has 0 aliphatic heterocycles. The van der Waals surface area contributed by atoms with Crippen molar-refractivity contribution < 1.29 is 23.1 Å². The summed E-state index contributed by atoms with van der Waals surface area (Å²) in [5.74, 6) is -0.978. The van der Waals surface area contributed by atoms with Crippen LogP contribution in [0.2, 0.25) is 5.02 Å². The molecule has 0 unspecified atom stereocenters. The van der Waals surface area contributed by atoms with Crippen LogP contribution in [0.1, 0.15) is 11.3 Å². The molecule has 3 aromatic heterocycles. The number of benzene rings is 1. The second-order valence-corrected chi connectivity index (χ2v) is 8.08. The van der Waals surface area contributed by atoms with Crippen LogP contribution in [0, 0.1) is 0 Å². The average molecular weight is 464 g/mol. The van der Waals surface area contributed by atoms with E-state index in [-0.39, 0.29) is 17.1 Å². The van der Waals surface area contributed by atoms with Gasteiger partial charge in [-0.25, -0.2) is 4.68 Å². The lowest BCUT2D eigenvalue weighted by atomic mass is 10.1. The van der Waals surface area contributed by atoms with Gasteiger partial charge in [0, 0.05) is 22.8 Å². The Bertz CT molecular complexity index is 1270. The fourth-order valence-corrected chi connectivity index (χ4v) is 4.23. The number of aromatic nitrogens is 3. The molecule has 4 rings (SSSR count). The maximum Gasteiger partial charge on any atom is 0.435 e. The molecule has 1 N–H and O–H groups in total. The molecule has 0 aliphatic rings. The summed E-state index contributed by atoms with van der Waals surface area (Å²) in [7, 11) is 0. The highest BCUT2D eigenvalue weighted by atomic mass is 35.5. The first-order valence-electron chi connectivity index (χ1n) is 8.91. The molecular weight excluding hydrogens is 451 g/mol. The SMILES string of the molecule is O=C(O)Cc1cncc(-c2ccc(-c3cc(C(F)(F)F)nn3-c3ccccc3Cl)s2)c1. The van der Waals surface area contributed by atoms with E-state index in [9.17, 15) is 18.0 Å². The van der Waals surface area contributed by atoms with E-state index in [0.29, 0.717) is 21.7 Å². The van der Waals surface area contributed by atoms with Gasteiger partial charge in [-0.05, 0) is 42.0 Å². The van der Waals surface area contributed by atoms with Crippen molar-refractivity contribution in [2.45, 2.75) is 12.6 Å². The quantitative estimate of drug-likeness (QED) is 0.396. The molecule has 4 aromatic rings. The molecule has 3 heterocycles. The number of para-hydroxylation sites is 1. The van der Waals surface area contributed by atoms with Gasteiger partial charge in [0.15, 0.2) is 5.69 Å². The Labute approximate surface area is 183 Å². The minimum absolute atomic E-state index is 0.173. The topological polar surface area (TPSA) is 68.0 Å². The maximum absolute atomic E-state index is 13.4. The van der Waals surface area contributed by atoms with E-state index in [2.05, 4.69) is 10.1 Å². The van der Waals surface area contributed by atoms with Gasteiger partial charge in [-0.1, -0.05) is 23.7 Å². The molecule has 0 bridgehead atoms. The Hall–Kier alpha value is -3.17. The molecule has 31 heavy (non-hydrogen) atoms. The monoisotopic (exact) mass is 463 g/mol. The Morgan fingerprint density at radius 1 is 1.10 bits per heavy atom. The third-order valence-corrected chi connectivity index (χ3v) is 5.85. The zero-order chi connectivity index (χ0) is 22.2. The predicted molar refractivity (Wildman–Crippen MR) is 111 cm³/mol. The van der Waals surface area contributed by atoms with Crippen LogP contribution in [0.15, 0.2) is 60.9 Å². The number of nitrogens with zero attached hydrogens (tertiary/aromatic N) is 3. The number of rotatable bonds is 5. The number of hydrogen-bond donors (Lipinski definition) is 1. The molecule has 5 nitrogen and oxygen atoms in total. The van der Waals surface area contributed by atoms with Crippen LogP contribution >= 0.6 is 22.9 Å². The summed E-state index contributed by atoms with van der Waals surface area (Å²) in [5, 5.41) is 13.0. The molecule has 0 radical (unpaired) electrons. The van der Waals surface area contributed by atoms with Gasteiger partial charge < -0.3 is 5.11 Å². The molecule has 0 amide bonds. The van der Waals surface area contributed by atoms with E-state index in [1.54, 1.807) is 48.7 Å². The summed E-state index contributed by atoms with van der Waals surface area (Å²) >= 11 is 7.45. The Morgan fingerprint density at radius 3 is 2.55 bits per heavy atom. The summed E-state index contributed by atoms with van der Waals surface area (Å²) in [4.78, 5) is 16.3. The highest BCUT2D eigenvalue weighted by molar-refractivity contribution is 7.18. The average Bonchev–Trinajstić information content (AvgIpc) is 3.35. The summed E-state index contributed by atoms with van der Waals surface area (Å²) in [6.07, 6.45) is -1.74. The zero-order valence-corrected chi connectivity index (χ0v) is 17.2. The van der Waals surface area contributed by atoms with Crippen LogP contribution in [0.25, 0.3) is 26.7 Å². The summed E-state index contributed by atoms with van der Waals surface area (Å²) in [5.41, 5.74) is 0.749. The Morgan fingerprint density at radius 2 is 1.84 bits per heavy atom. The van der Waals surface area contributed by atoms with Crippen molar-refractivity contribution in [2.75, 3.05) is 0 Å². The number of alkyl halides is 3. The number of pyridine rings is 1. The van der Waals surface area contributed by atoms with Crippen molar-refractivity contribution in [3.05, 3.63) is 77.2 Å². The lowest BCUT2D eigenvalue weighted by molar-refractivity contribution is -0.141. The van der Waals surface area contributed by atoms with Crippen molar-refractivity contribution in [1.82, 2.24) is 14.8 Å². The van der Waals surface area contributed by atoms with Crippen LogP contribution in [-0.2, 0) is 17.4 Å². The minimum atomic E-state index is -4.61. The van der Waals surface area contributed by atoms with Crippen LogP contribution in [0.5, 0.6) is 0 Å². The molecule has 10 heteroatoms. The van der Waals surface area contributed by atoms with Crippen molar-refractivity contribution in [1.29, 1.82) is 0 Å². The number of carboxylic acids is 1. The maximum atomic E-state index is 13.4. The first-order valence-corrected chi connectivity index (χ1v) is 10.1. The third kappa shape index (κ3) is 4.47. The molecule has 0 spiro atoms. The summed E-state index contributed by atoms with van der Waals surface area (Å²) in [6, 6.07) is 12.6. The number of carbonyl (C=O) groups is 1. The molecule has 0 saturated heterocycles. The van der Waals surface area contributed by atoms with Crippen molar-refractivity contribution in [3.8, 4) is 26.7 Å². The smallest absolute Gasteiger partial charge is 0.435 e. The van der Waals surface area contributed by atoms with Crippen molar-refractivity contribution in [2.24, 2.45) is 0 Å². The molecule has 0 saturated carbocycles. The standard InChI is InChI=1S/C21H13ClF3N3O2S/c22-14-3-1-2-4-15(14)28-16(9-19(27-28)21(23,24)25)18-6-5-17(31-18)13-7-12(8-20(29)30)10-26-11-13/h1-7,9-11H,8H2,(H,29,30). The molecule has 0 aliphatic carbocycles. The van der Waals surface area contributed by atoms with E-state index < -0.39 is 17.8 Å². The third-order valence-electron chi connectivity index (χ3n) is 4.37. The van der Waals surface area contributed by atoms with E-state index in [1.807, 2.05) is 0 Å². The Balaban J connectivity index is 1.79. The van der Waals surface area contributed by atoms with Gasteiger partial charge in [-0.15, -0.1) is 11.3 Å². The molecule has 158 valence electrons. The highest BCUT2D eigenvalue weighted by Crippen LogP contribution is 2.39. The molecule has 0 fully saturated rings. The van der Waals surface area contributed by atoms with Crippen LogP contribution in [-0.4, -0.2) is 25.8 Å². The lowest BCUT2D eigenvalue weighted by Gasteiger charge is -2.08. The molecular formula is C21H13ClF3N3O2S. The number of thiophene rings is 1. The van der Waals surface area contributed by atoms with E-state index >= 15 is 0 Å². The first-order chi connectivity index (χ1) is 14.7. The normalized spacial score (nSPS) is 11.6. The van der Waals surface area contributed by atoms with Gasteiger partial charge in [-0.2, -0.15) is 18.3 Å². The zero-order valence-electron chi connectivity index (χ0n) is 15.6. The minimum Gasteiger partial charge on any atom is -0.481 e. The van der Waals surface area contributed by atoms with Gasteiger partial charge >= 0.3 is 12.1 Å². The summed E-state index contributed by atoms with van der Waals surface area (Å²) < 4.78 is 41.3. The van der Waals surface area contributed by atoms with E-state index in [4.69, 9.17) is 16.7 Å². The number of halogens is 4. The van der Waals surface area contributed by atoms with Gasteiger partial charge in [0.2, 0.25) is 0 Å². The summed E-state index contributed by atoms with van der Waals surface area (Å²) in [6.45, 7) is 0. The number of hydrogen-bond acceptors (Lipinski definition) is 4. The second kappa shape index (κ2) is 8.16. The fourth-order valence-electron chi connectivity index (χ4n) is 3.03. The van der Waals surface area contributed by atoms with Crippen molar-refractivity contribution in [3.63, 3.8) is 0 Å². The van der Waals surface area contributed by atoms with Crippen LogP contribution in [0.3, 0.4) is 0 Å². The van der Waals surface area contributed by atoms with Crippen molar-refractivity contribution >= 4 is 28.9 Å². The van der Waals surface area contributed by atoms with E-state index in [1.165, 1.54) is 22.2 Å².